The van der Waals surface area contributed by atoms with E-state index in [1.54, 1.807) is 10.8 Å². The Balaban J connectivity index is 2.15. The first-order valence-corrected chi connectivity index (χ1v) is 7.00. The van der Waals surface area contributed by atoms with Crippen molar-refractivity contribution in [2.45, 2.75) is 25.0 Å². The molecule has 6 nitrogen and oxygen atoms in total. The first-order chi connectivity index (χ1) is 10.7. The van der Waals surface area contributed by atoms with Crippen LogP contribution >= 0.6 is 0 Å². The number of ketones is 1. The molecule has 1 fully saturated rings. The number of rotatable bonds is 6. The van der Waals surface area contributed by atoms with Gasteiger partial charge >= 0.3 is 0 Å². The zero-order chi connectivity index (χ0) is 15.9. The van der Waals surface area contributed by atoms with Crippen LogP contribution in [0.15, 0.2) is 30.3 Å². The summed E-state index contributed by atoms with van der Waals surface area (Å²) < 4.78 is 5.46. The van der Waals surface area contributed by atoms with E-state index in [1.165, 1.54) is 24.3 Å². The molecule has 1 aliphatic heterocycles. The maximum Gasteiger partial charge on any atom is 0.209 e. The summed E-state index contributed by atoms with van der Waals surface area (Å²) >= 11 is 0. The van der Waals surface area contributed by atoms with E-state index in [2.05, 4.69) is 0 Å². The van der Waals surface area contributed by atoms with Gasteiger partial charge in [0.15, 0.2) is 12.1 Å². The fraction of sp³-hybridized carbons (Fsp3) is 0.375. The number of carbonyl (C=O) groups excluding carboxylic acids is 2. The number of Topliss-reactive ketones (excluding diaryl/α,β-unsaturated/α-hetero) is 1. The molecular weight excluding hydrogens is 284 g/mol. The van der Waals surface area contributed by atoms with Crippen LogP contribution in [0.5, 0.6) is 11.5 Å². The second-order valence-corrected chi connectivity index (χ2v) is 4.99. The number of carbonyl (C=O) groups is 1. The smallest absolute Gasteiger partial charge is 0.209 e. The average Bonchev–Trinajstić information content (AvgIpc) is 3.04. The Labute approximate surface area is 128 Å². The van der Waals surface area contributed by atoms with Crippen LogP contribution in [0.3, 0.4) is 0 Å². The summed E-state index contributed by atoms with van der Waals surface area (Å²) in [6.07, 6.45) is 1.68. The Hall–Kier alpha value is -2.61. The largest absolute Gasteiger partial charge is 0.508 e. The predicted octanol–water partition coefficient (Wildman–Crippen LogP) is 1.08. The maximum absolute atomic E-state index is 12.5. The molecule has 1 heterocycles. The number of ether oxygens (including phenoxy) is 1. The lowest BCUT2D eigenvalue weighted by atomic mass is 10.1. The number of likely N-dealkylation sites (tertiary alicyclic amines) is 1. The Kier molecular flexibility index (Phi) is 5.31. The molecular formula is C16H16N2O4. The second-order valence-electron chi connectivity index (χ2n) is 4.99. The minimum absolute atomic E-state index is 0.0631. The second kappa shape index (κ2) is 7.41. The van der Waals surface area contributed by atoms with Gasteiger partial charge in [-0.1, -0.05) is 0 Å². The maximum atomic E-state index is 12.5. The molecule has 1 N–H and O–H groups in total. The SMILES string of the molecule is N#CC(C(=O)C(C=C=O)Oc1ccc(O)cc1)N1CCCC1. The van der Waals surface area contributed by atoms with E-state index in [-0.39, 0.29) is 5.75 Å². The van der Waals surface area contributed by atoms with E-state index >= 15 is 0 Å². The van der Waals surface area contributed by atoms with Crippen LogP contribution in [0, 0.1) is 11.3 Å². The van der Waals surface area contributed by atoms with Gasteiger partial charge in [-0.3, -0.25) is 9.69 Å². The monoisotopic (exact) mass is 300 g/mol. The number of phenolic OH excluding ortho intramolecular Hbond substituents is 1. The summed E-state index contributed by atoms with van der Waals surface area (Å²) in [5.41, 5.74) is 0. The van der Waals surface area contributed by atoms with Crippen molar-refractivity contribution in [1.82, 2.24) is 4.90 Å². The number of phenols is 1. The third kappa shape index (κ3) is 3.73. The predicted molar refractivity (Wildman–Crippen MR) is 78.0 cm³/mol. The average molecular weight is 300 g/mol. The highest BCUT2D eigenvalue weighted by Crippen LogP contribution is 2.19. The first-order valence-electron chi connectivity index (χ1n) is 7.00. The van der Waals surface area contributed by atoms with Gasteiger partial charge in [-0.25, -0.2) is 4.79 Å². The Morgan fingerprint density at radius 1 is 1.32 bits per heavy atom. The first kappa shape index (κ1) is 15.8. The van der Waals surface area contributed by atoms with Crippen LogP contribution in [0.2, 0.25) is 0 Å². The third-order valence-electron chi connectivity index (χ3n) is 3.50. The summed E-state index contributed by atoms with van der Waals surface area (Å²) in [5, 5.41) is 18.5. The molecule has 0 aliphatic carbocycles. The Bertz CT molecular complexity index is 608. The normalized spacial score (nSPS) is 17.0. The third-order valence-corrected chi connectivity index (χ3v) is 3.50. The van der Waals surface area contributed by atoms with Crippen LogP contribution in [0.1, 0.15) is 12.8 Å². The highest BCUT2D eigenvalue weighted by molar-refractivity contribution is 5.93. The summed E-state index contributed by atoms with van der Waals surface area (Å²) in [6.45, 7) is 1.36. The van der Waals surface area contributed by atoms with Gasteiger partial charge in [0.2, 0.25) is 5.78 Å². The summed E-state index contributed by atoms with van der Waals surface area (Å²) in [6, 6.07) is 6.82. The highest BCUT2D eigenvalue weighted by Gasteiger charge is 2.33. The molecule has 1 saturated heterocycles. The summed E-state index contributed by atoms with van der Waals surface area (Å²) in [7, 11) is 0. The number of aromatic hydroxyl groups is 1. The summed E-state index contributed by atoms with van der Waals surface area (Å²) in [5.74, 6) is 1.45. The van der Waals surface area contributed by atoms with Crippen molar-refractivity contribution in [3.05, 3.63) is 30.3 Å². The zero-order valence-corrected chi connectivity index (χ0v) is 11.9. The number of benzene rings is 1. The van der Waals surface area contributed by atoms with Gasteiger partial charge in [-0.05, 0) is 50.2 Å². The van der Waals surface area contributed by atoms with Crippen molar-refractivity contribution in [2.24, 2.45) is 0 Å². The lowest BCUT2D eigenvalue weighted by Crippen LogP contribution is -2.44. The molecule has 0 aromatic heterocycles. The van der Waals surface area contributed by atoms with Crippen LogP contribution in [0.25, 0.3) is 0 Å². The van der Waals surface area contributed by atoms with Crippen molar-refractivity contribution in [1.29, 1.82) is 5.26 Å². The van der Waals surface area contributed by atoms with E-state index in [0.29, 0.717) is 18.8 Å². The molecule has 1 aromatic carbocycles. The molecule has 22 heavy (non-hydrogen) atoms. The molecule has 0 radical (unpaired) electrons. The molecule has 1 aliphatic rings. The lowest BCUT2D eigenvalue weighted by Gasteiger charge is -2.23. The van der Waals surface area contributed by atoms with Gasteiger partial charge in [0, 0.05) is 6.08 Å². The van der Waals surface area contributed by atoms with Crippen molar-refractivity contribution < 1.29 is 19.4 Å². The molecule has 0 amide bonds. The zero-order valence-electron chi connectivity index (χ0n) is 11.9. The number of nitriles is 1. The molecule has 0 spiro atoms. The van der Waals surface area contributed by atoms with Gasteiger partial charge < -0.3 is 9.84 Å². The van der Waals surface area contributed by atoms with Crippen molar-refractivity contribution in [3.63, 3.8) is 0 Å². The Morgan fingerprint density at radius 3 is 2.50 bits per heavy atom. The molecule has 114 valence electrons. The van der Waals surface area contributed by atoms with Gasteiger partial charge in [0.05, 0.1) is 6.07 Å². The fourth-order valence-corrected chi connectivity index (χ4v) is 2.39. The molecule has 1 aromatic rings. The van der Waals surface area contributed by atoms with Crippen LogP contribution in [-0.4, -0.2) is 47.0 Å². The summed E-state index contributed by atoms with van der Waals surface area (Å²) in [4.78, 5) is 24.9. The molecule has 6 heteroatoms. The van der Waals surface area contributed by atoms with Crippen LogP contribution in [0.4, 0.5) is 0 Å². The number of hydrogen-bond donors (Lipinski definition) is 1. The van der Waals surface area contributed by atoms with E-state index in [9.17, 15) is 20.0 Å². The van der Waals surface area contributed by atoms with Crippen molar-refractivity contribution >= 4 is 11.7 Å². The van der Waals surface area contributed by atoms with Crippen molar-refractivity contribution in [3.8, 4) is 17.6 Å². The van der Waals surface area contributed by atoms with Gasteiger partial charge in [-0.2, -0.15) is 5.26 Å². The van der Waals surface area contributed by atoms with Gasteiger partial charge in [0.1, 0.15) is 17.4 Å². The highest BCUT2D eigenvalue weighted by atomic mass is 16.5. The molecule has 2 atom stereocenters. The van der Waals surface area contributed by atoms with E-state index in [0.717, 1.165) is 18.9 Å². The van der Waals surface area contributed by atoms with Gasteiger partial charge in [-0.15, -0.1) is 0 Å². The lowest BCUT2D eigenvalue weighted by molar-refractivity contribution is -0.127. The standard InChI is InChI=1S/C16H16N2O4/c17-11-14(18-8-1-2-9-18)16(21)15(7-10-19)22-13-5-3-12(20)4-6-13/h3-7,14-15,20H,1-2,8-9H2. The topological polar surface area (TPSA) is 90.6 Å². The quantitative estimate of drug-likeness (QED) is 0.791. The van der Waals surface area contributed by atoms with Gasteiger partial charge in [0.25, 0.3) is 0 Å². The minimum Gasteiger partial charge on any atom is -0.508 e. The number of hydrogen-bond acceptors (Lipinski definition) is 6. The van der Waals surface area contributed by atoms with Crippen molar-refractivity contribution in [2.75, 3.05) is 13.1 Å². The van der Waals surface area contributed by atoms with E-state index in [4.69, 9.17) is 4.74 Å². The minimum atomic E-state index is -1.17. The number of nitrogens with zero attached hydrogens (tertiary/aromatic N) is 2. The molecule has 2 rings (SSSR count). The molecule has 2 unspecified atom stereocenters. The molecule has 0 bridgehead atoms. The van der Waals surface area contributed by atoms with Crippen LogP contribution < -0.4 is 4.74 Å². The van der Waals surface area contributed by atoms with Crippen LogP contribution in [-0.2, 0) is 9.59 Å². The Morgan fingerprint density at radius 2 is 1.95 bits per heavy atom. The van der Waals surface area contributed by atoms with E-state index < -0.39 is 17.9 Å². The van der Waals surface area contributed by atoms with E-state index in [1.807, 2.05) is 6.07 Å². The molecule has 0 saturated carbocycles. The fourth-order valence-electron chi connectivity index (χ4n) is 2.39.